The van der Waals surface area contributed by atoms with Gasteiger partial charge in [0.2, 0.25) is 0 Å². The molecule has 0 atom stereocenters. The Balaban J connectivity index is 2.33. The van der Waals surface area contributed by atoms with Gasteiger partial charge in [0.1, 0.15) is 11.4 Å². The Hall–Kier alpha value is -3.09. The van der Waals surface area contributed by atoms with Gasteiger partial charge in [-0.05, 0) is 30.3 Å². The van der Waals surface area contributed by atoms with Crippen LogP contribution in [0.15, 0.2) is 41.3 Å². The minimum atomic E-state index is -1.47. The van der Waals surface area contributed by atoms with Gasteiger partial charge in [0.15, 0.2) is 5.75 Å². The highest BCUT2D eigenvalue weighted by Gasteiger charge is 2.08. The first-order valence-electron chi connectivity index (χ1n) is 5.60. The van der Waals surface area contributed by atoms with Crippen LogP contribution in [0.1, 0.15) is 0 Å². The average molecular weight is 272 g/mol. The fourth-order valence-corrected chi connectivity index (χ4v) is 1.93. The van der Waals surface area contributed by atoms with Crippen LogP contribution in [0.5, 0.6) is 11.5 Å². The van der Waals surface area contributed by atoms with Crippen molar-refractivity contribution < 1.29 is 19.7 Å². The van der Waals surface area contributed by atoms with Crippen molar-refractivity contribution in [2.45, 2.75) is 0 Å². The first-order valence-corrected chi connectivity index (χ1v) is 5.60. The molecule has 7 heteroatoms. The lowest BCUT2D eigenvalue weighted by Crippen LogP contribution is -2.15. The van der Waals surface area contributed by atoms with Crippen molar-refractivity contribution >= 4 is 22.7 Å². The first kappa shape index (κ1) is 12.0. The summed E-state index contributed by atoms with van der Waals surface area (Å²) in [6, 6.07) is 7.16. The molecule has 20 heavy (non-hydrogen) atoms. The number of pyridine rings is 1. The van der Waals surface area contributed by atoms with Crippen LogP contribution in [-0.2, 0) is 0 Å². The number of carboxylic acid groups (broad SMARTS) is 1. The highest BCUT2D eigenvalue weighted by atomic mass is 16.7. The molecule has 0 aliphatic carbocycles. The minimum absolute atomic E-state index is 0.00778. The number of phenolic OH excluding ortho intramolecular Hbond substituents is 1. The Morgan fingerprint density at radius 1 is 1.25 bits per heavy atom. The number of ether oxygens (including phenoxy) is 1. The second-order valence-electron chi connectivity index (χ2n) is 4.08. The van der Waals surface area contributed by atoms with Crippen LogP contribution in [0.4, 0.5) is 4.79 Å². The van der Waals surface area contributed by atoms with Gasteiger partial charge in [0.05, 0.1) is 17.1 Å². The molecule has 0 aliphatic heterocycles. The normalized spacial score (nSPS) is 10.8. The third-order valence-electron chi connectivity index (χ3n) is 2.77. The lowest BCUT2D eigenvalue weighted by Gasteiger charge is -2.05. The molecule has 0 saturated carbocycles. The highest BCUT2D eigenvalue weighted by molar-refractivity contribution is 5.81. The number of phenols is 1. The molecule has 0 unspecified atom stereocenters. The van der Waals surface area contributed by atoms with Gasteiger partial charge >= 0.3 is 6.16 Å². The molecular formula is C13H8N2O5. The van der Waals surface area contributed by atoms with E-state index in [0.29, 0.717) is 11.2 Å². The molecule has 0 fully saturated rings. The summed E-state index contributed by atoms with van der Waals surface area (Å²) in [5.74, 6) is -0.0392. The molecule has 2 N–H and O–H groups in total. The summed E-state index contributed by atoms with van der Waals surface area (Å²) >= 11 is 0. The Kier molecular flexibility index (Phi) is 2.53. The van der Waals surface area contributed by atoms with Crippen LogP contribution in [0.3, 0.4) is 0 Å². The summed E-state index contributed by atoms with van der Waals surface area (Å²) < 4.78 is 5.66. The van der Waals surface area contributed by atoms with Crippen molar-refractivity contribution in [2.24, 2.45) is 0 Å². The lowest BCUT2D eigenvalue weighted by atomic mass is 10.2. The van der Waals surface area contributed by atoms with Crippen LogP contribution < -0.4 is 10.3 Å². The van der Waals surface area contributed by atoms with Gasteiger partial charge in [0, 0.05) is 0 Å². The van der Waals surface area contributed by atoms with Crippen LogP contribution >= 0.6 is 0 Å². The molecule has 100 valence electrons. The predicted octanol–water partition coefficient (Wildman–Crippen LogP) is 1.61. The van der Waals surface area contributed by atoms with Gasteiger partial charge in [-0.15, -0.1) is 0 Å². The maximum Gasteiger partial charge on any atom is 0.511 e. The van der Waals surface area contributed by atoms with Gasteiger partial charge in [0.25, 0.3) is 5.56 Å². The number of rotatable bonds is 1. The van der Waals surface area contributed by atoms with E-state index in [1.807, 2.05) is 0 Å². The zero-order valence-corrected chi connectivity index (χ0v) is 9.98. The Labute approximate surface area is 111 Å². The predicted molar refractivity (Wildman–Crippen MR) is 69.3 cm³/mol. The summed E-state index contributed by atoms with van der Waals surface area (Å²) in [5.41, 5.74) is 0.377. The summed E-state index contributed by atoms with van der Waals surface area (Å²) in [4.78, 5) is 27.0. The van der Waals surface area contributed by atoms with Gasteiger partial charge in [-0.3, -0.25) is 9.20 Å². The molecule has 0 bridgehead atoms. The molecule has 3 rings (SSSR count). The topological polar surface area (TPSA) is 101 Å². The average Bonchev–Trinajstić information content (AvgIpc) is 2.40. The number of nitrogens with zero attached hydrogens (tertiary/aromatic N) is 2. The molecule has 0 aliphatic rings. The molecule has 3 aromatic rings. The van der Waals surface area contributed by atoms with E-state index in [2.05, 4.69) is 9.72 Å². The zero-order valence-electron chi connectivity index (χ0n) is 9.98. The standard InChI is InChI=1S/C13H8N2O5/c16-7-1-3-10-9(5-7)12(17)15-6-8(20-13(18)19)2-4-11(15)14-10/h1-6,16H,(H,18,19). The molecular weight excluding hydrogens is 264 g/mol. The van der Waals surface area contributed by atoms with E-state index in [4.69, 9.17) is 5.11 Å². The molecule has 0 spiro atoms. The van der Waals surface area contributed by atoms with Gasteiger partial charge in [-0.1, -0.05) is 0 Å². The van der Waals surface area contributed by atoms with Crippen molar-refractivity contribution in [1.82, 2.24) is 9.38 Å². The van der Waals surface area contributed by atoms with Crippen LogP contribution in [0, 0.1) is 0 Å². The Morgan fingerprint density at radius 2 is 2.05 bits per heavy atom. The highest BCUT2D eigenvalue weighted by Crippen LogP contribution is 2.17. The van der Waals surface area contributed by atoms with E-state index >= 15 is 0 Å². The summed E-state index contributed by atoms with van der Waals surface area (Å²) in [5, 5.41) is 18.2. The second-order valence-corrected chi connectivity index (χ2v) is 4.08. The number of hydrogen-bond donors (Lipinski definition) is 2. The van der Waals surface area contributed by atoms with E-state index in [1.54, 1.807) is 0 Å². The van der Waals surface area contributed by atoms with Crippen LogP contribution in [-0.4, -0.2) is 25.8 Å². The monoisotopic (exact) mass is 272 g/mol. The summed E-state index contributed by atoms with van der Waals surface area (Å²) in [6.07, 6.45) is -0.230. The third kappa shape index (κ3) is 1.91. The summed E-state index contributed by atoms with van der Waals surface area (Å²) in [7, 11) is 0. The third-order valence-corrected chi connectivity index (χ3v) is 2.77. The number of benzene rings is 1. The van der Waals surface area contributed by atoms with Crippen LogP contribution in [0.2, 0.25) is 0 Å². The molecule has 0 radical (unpaired) electrons. The van der Waals surface area contributed by atoms with E-state index in [0.717, 1.165) is 0 Å². The SMILES string of the molecule is O=C(O)Oc1ccc2nc3ccc(O)cc3c(=O)n2c1. The Morgan fingerprint density at radius 3 is 2.80 bits per heavy atom. The molecule has 0 amide bonds. The quantitative estimate of drug-likeness (QED) is 0.515. The smallest absolute Gasteiger partial charge is 0.508 e. The summed E-state index contributed by atoms with van der Waals surface area (Å²) in [6.45, 7) is 0. The minimum Gasteiger partial charge on any atom is -0.508 e. The van der Waals surface area contributed by atoms with Gasteiger partial charge in [-0.2, -0.15) is 0 Å². The zero-order chi connectivity index (χ0) is 14.3. The Bertz CT molecular complexity index is 900. The number of aromatic nitrogens is 2. The first-order chi connectivity index (χ1) is 9.54. The van der Waals surface area contributed by atoms with Gasteiger partial charge < -0.3 is 14.9 Å². The number of aromatic hydroxyl groups is 1. The van der Waals surface area contributed by atoms with Crippen molar-refractivity contribution in [3.63, 3.8) is 0 Å². The molecule has 2 heterocycles. The van der Waals surface area contributed by atoms with Crippen molar-refractivity contribution in [2.75, 3.05) is 0 Å². The number of carbonyl (C=O) groups is 1. The fourth-order valence-electron chi connectivity index (χ4n) is 1.93. The van der Waals surface area contributed by atoms with E-state index in [9.17, 15) is 14.7 Å². The van der Waals surface area contributed by atoms with Crippen LogP contribution in [0.25, 0.3) is 16.6 Å². The maximum atomic E-state index is 12.3. The largest absolute Gasteiger partial charge is 0.511 e. The fraction of sp³-hybridized carbons (Fsp3) is 0. The number of hydrogen-bond acceptors (Lipinski definition) is 5. The molecule has 2 aromatic heterocycles. The van der Waals surface area contributed by atoms with Crippen molar-refractivity contribution in [3.05, 3.63) is 46.9 Å². The van der Waals surface area contributed by atoms with Gasteiger partial charge in [-0.25, -0.2) is 9.78 Å². The van der Waals surface area contributed by atoms with E-state index in [-0.39, 0.29) is 16.9 Å². The molecule has 7 nitrogen and oxygen atoms in total. The van der Waals surface area contributed by atoms with Crippen molar-refractivity contribution in [1.29, 1.82) is 0 Å². The number of fused-ring (bicyclic) bond motifs is 2. The molecule has 1 aromatic carbocycles. The second kappa shape index (κ2) is 4.23. The van der Waals surface area contributed by atoms with E-state index in [1.165, 1.54) is 40.9 Å². The lowest BCUT2D eigenvalue weighted by molar-refractivity contribution is 0.144. The van der Waals surface area contributed by atoms with Crippen molar-refractivity contribution in [3.8, 4) is 11.5 Å². The maximum absolute atomic E-state index is 12.3. The van der Waals surface area contributed by atoms with E-state index < -0.39 is 11.7 Å². The molecule has 0 saturated heterocycles.